The number of allylic oxidation sites excluding steroid dienone is 1. The van der Waals surface area contributed by atoms with Crippen molar-refractivity contribution in [3.05, 3.63) is 66.0 Å². The van der Waals surface area contributed by atoms with E-state index in [2.05, 4.69) is 43.3 Å². The maximum atomic E-state index is 13.6. The number of benzene rings is 2. The molecule has 0 aromatic heterocycles. The van der Waals surface area contributed by atoms with E-state index in [-0.39, 0.29) is 5.82 Å². The van der Waals surface area contributed by atoms with Crippen LogP contribution in [0.3, 0.4) is 0 Å². The molecule has 0 radical (unpaired) electrons. The minimum atomic E-state index is -0.184. The average Bonchev–Trinajstić information content (AvgIpc) is 3.26. The Hall–Kier alpha value is -1.93. The summed E-state index contributed by atoms with van der Waals surface area (Å²) in [5.74, 6) is 2.93. The highest BCUT2D eigenvalue weighted by Gasteiger charge is 2.53. The molecule has 0 amide bonds. The van der Waals surface area contributed by atoms with Crippen molar-refractivity contribution in [3.63, 3.8) is 0 Å². The van der Waals surface area contributed by atoms with E-state index in [4.69, 9.17) is 4.74 Å². The van der Waals surface area contributed by atoms with E-state index in [0.717, 1.165) is 42.1 Å². The van der Waals surface area contributed by atoms with Crippen LogP contribution in [0, 0.1) is 34.9 Å². The number of ether oxygens (including phenoxy) is 1. The Bertz CT molecular complexity index is 909. The van der Waals surface area contributed by atoms with Crippen LogP contribution in [0.4, 0.5) is 4.39 Å². The maximum Gasteiger partial charge on any atom is 0.123 e. The van der Waals surface area contributed by atoms with Crippen molar-refractivity contribution < 1.29 is 9.13 Å². The molecule has 0 unspecified atom stereocenters. The quantitative estimate of drug-likeness (QED) is 0.493. The molecule has 1 heterocycles. The topological polar surface area (TPSA) is 9.23 Å². The van der Waals surface area contributed by atoms with Gasteiger partial charge in [0.15, 0.2) is 0 Å². The molecule has 2 aromatic rings. The third-order valence-electron chi connectivity index (χ3n) is 8.54. The third-order valence-corrected chi connectivity index (χ3v) is 8.54. The van der Waals surface area contributed by atoms with Crippen molar-refractivity contribution >= 4 is 6.08 Å². The molecule has 1 aliphatic heterocycles. The molecule has 2 aliphatic carbocycles. The van der Waals surface area contributed by atoms with E-state index in [0.29, 0.717) is 11.3 Å². The number of hydrogen-bond acceptors (Lipinski definition) is 1. The number of fused-ring (bicyclic) bond motifs is 1. The van der Waals surface area contributed by atoms with Gasteiger partial charge in [0.1, 0.15) is 5.82 Å². The Morgan fingerprint density at radius 1 is 1.06 bits per heavy atom. The second kappa shape index (κ2) is 8.90. The molecule has 31 heavy (non-hydrogen) atoms. The summed E-state index contributed by atoms with van der Waals surface area (Å²) in [6, 6.07) is 15.4. The summed E-state index contributed by atoms with van der Waals surface area (Å²) in [7, 11) is 0. The zero-order chi connectivity index (χ0) is 21.3. The summed E-state index contributed by atoms with van der Waals surface area (Å²) in [4.78, 5) is 0. The van der Waals surface area contributed by atoms with E-state index in [1.54, 1.807) is 12.1 Å². The zero-order valence-corrected chi connectivity index (χ0v) is 18.7. The van der Waals surface area contributed by atoms with Gasteiger partial charge in [-0.1, -0.05) is 81.2 Å². The first kappa shape index (κ1) is 20.9. The van der Waals surface area contributed by atoms with Gasteiger partial charge in [0.2, 0.25) is 0 Å². The summed E-state index contributed by atoms with van der Waals surface area (Å²) in [6.45, 7) is 4.32. The Morgan fingerprint density at radius 3 is 2.65 bits per heavy atom. The molecule has 3 aliphatic rings. The lowest BCUT2D eigenvalue weighted by molar-refractivity contribution is -0.0414. The molecule has 2 saturated carbocycles. The van der Waals surface area contributed by atoms with E-state index >= 15 is 0 Å². The minimum absolute atomic E-state index is 0.184. The lowest BCUT2D eigenvalue weighted by Crippen LogP contribution is -2.48. The largest absolute Gasteiger partial charge is 0.381 e. The lowest BCUT2D eigenvalue weighted by atomic mass is 9.51. The smallest absolute Gasteiger partial charge is 0.123 e. The van der Waals surface area contributed by atoms with Crippen LogP contribution in [-0.2, 0) is 4.74 Å². The number of hydrogen-bond donors (Lipinski definition) is 0. The summed E-state index contributed by atoms with van der Waals surface area (Å²) in [6.07, 6.45) is 14.4. The molecule has 3 fully saturated rings. The third kappa shape index (κ3) is 4.12. The molecule has 164 valence electrons. The summed E-state index contributed by atoms with van der Waals surface area (Å²) >= 11 is 0. The van der Waals surface area contributed by atoms with Gasteiger partial charge in [-0.3, -0.25) is 0 Å². The van der Waals surface area contributed by atoms with Crippen LogP contribution in [0.5, 0.6) is 0 Å². The van der Waals surface area contributed by atoms with Gasteiger partial charge >= 0.3 is 0 Å². The normalized spacial score (nSPS) is 33.1. The van der Waals surface area contributed by atoms with E-state index < -0.39 is 0 Å². The molecule has 0 bridgehead atoms. The van der Waals surface area contributed by atoms with Crippen molar-refractivity contribution in [2.75, 3.05) is 13.2 Å². The van der Waals surface area contributed by atoms with Gasteiger partial charge in [0.05, 0.1) is 6.61 Å². The second-order valence-corrected chi connectivity index (χ2v) is 10.2. The Labute approximate surface area is 186 Å². The highest BCUT2D eigenvalue weighted by molar-refractivity contribution is 5.65. The second-order valence-electron chi connectivity index (χ2n) is 10.2. The average molecular weight is 419 g/mol. The highest BCUT2D eigenvalue weighted by Crippen LogP contribution is 2.58. The Kier molecular flexibility index (Phi) is 6.01. The first-order valence-corrected chi connectivity index (χ1v) is 12.3. The van der Waals surface area contributed by atoms with Gasteiger partial charge in [-0.2, -0.15) is 0 Å². The molecular formula is C29H35FO. The van der Waals surface area contributed by atoms with Crippen LogP contribution in [-0.4, -0.2) is 13.2 Å². The summed E-state index contributed by atoms with van der Waals surface area (Å²) < 4.78 is 19.5. The number of halogens is 1. The van der Waals surface area contributed by atoms with Crippen LogP contribution in [0.2, 0.25) is 0 Å². The van der Waals surface area contributed by atoms with Gasteiger partial charge in [-0.05, 0) is 77.2 Å². The fourth-order valence-electron chi connectivity index (χ4n) is 7.11. The van der Waals surface area contributed by atoms with Gasteiger partial charge < -0.3 is 4.74 Å². The van der Waals surface area contributed by atoms with Crippen LogP contribution in [0.25, 0.3) is 17.2 Å². The predicted molar refractivity (Wildman–Crippen MR) is 126 cm³/mol. The van der Waals surface area contributed by atoms with Gasteiger partial charge in [0.25, 0.3) is 0 Å². The fraction of sp³-hybridized carbons (Fsp3) is 0.517. The SMILES string of the molecule is CC[C@@H]1[C@@H](/C=C/c2ccc(-c3cccc(F)c3)cc2)[C@@H]2CCCC[C@H]2C[C@]12CCOC2. The Morgan fingerprint density at radius 2 is 1.90 bits per heavy atom. The first-order valence-electron chi connectivity index (χ1n) is 12.3. The van der Waals surface area contributed by atoms with Gasteiger partial charge in [-0.25, -0.2) is 4.39 Å². The molecule has 5 rings (SSSR count). The van der Waals surface area contributed by atoms with Gasteiger partial charge in [-0.15, -0.1) is 0 Å². The lowest BCUT2D eigenvalue weighted by Gasteiger charge is -2.53. The van der Waals surface area contributed by atoms with Crippen LogP contribution < -0.4 is 0 Å². The van der Waals surface area contributed by atoms with Crippen LogP contribution in [0.1, 0.15) is 57.4 Å². The van der Waals surface area contributed by atoms with E-state index in [9.17, 15) is 4.39 Å². The summed E-state index contributed by atoms with van der Waals surface area (Å²) in [5.41, 5.74) is 3.64. The molecule has 1 saturated heterocycles. The molecule has 1 spiro atoms. The molecular weight excluding hydrogens is 383 g/mol. The zero-order valence-electron chi connectivity index (χ0n) is 18.7. The van der Waals surface area contributed by atoms with E-state index in [1.165, 1.54) is 56.6 Å². The molecule has 2 heteroatoms. The van der Waals surface area contributed by atoms with Gasteiger partial charge in [0, 0.05) is 6.61 Å². The minimum Gasteiger partial charge on any atom is -0.381 e. The van der Waals surface area contributed by atoms with Crippen molar-refractivity contribution in [2.45, 2.75) is 51.9 Å². The monoisotopic (exact) mass is 418 g/mol. The highest BCUT2D eigenvalue weighted by atomic mass is 19.1. The molecule has 5 atom stereocenters. The van der Waals surface area contributed by atoms with E-state index in [1.807, 2.05) is 6.07 Å². The van der Waals surface area contributed by atoms with Crippen molar-refractivity contribution in [1.29, 1.82) is 0 Å². The Balaban J connectivity index is 1.39. The van der Waals surface area contributed by atoms with Crippen molar-refractivity contribution in [2.24, 2.45) is 29.1 Å². The fourth-order valence-corrected chi connectivity index (χ4v) is 7.11. The van der Waals surface area contributed by atoms with Crippen LogP contribution in [0.15, 0.2) is 54.6 Å². The summed E-state index contributed by atoms with van der Waals surface area (Å²) in [5, 5.41) is 0. The molecule has 0 N–H and O–H groups in total. The standard InChI is InChI=1S/C29H35FO/c1-2-28-27(26-9-4-3-6-24(26)19-29(28)16-17-31-20-29)15-12-21-10-13-22(14-11-21)23-7-5-8-25(30)18-23/h5,7-8,10-15,18,24,26-28H,2-4,6,9,16-17,19-20H2,1H3/b15-12+/t24-,26+,27-,28+,29-/m0/s1. The van der Waals surface area contributed by atoms with Crippen LogP contribution >= 0.6 is 0 Å². The van der Waals surface area contributed by atoms with Crippen molar-refractivity contribution in [1.82, 2.24) is 0 Å². The predicted octanol–water partition coefficient (Wildman–Crippen LogP) is 7.77. The first-order chi connectivity index (χ1) is 15.2. The maximum absolute atomic E-state index is 13.6. The number of rotatable bonds is 4. The molecule has 1 nitrogen and oxygen atoms in total. The van der Waals surface area contributed by atoms with Crippen molar-refractivity contribution in [3.8, 4) is 11.1 Å². The molecule has 2 aromatic carbocycles.